The van der Waals surface area contributed by atoms with E-state index in [2.05, 4.69) is 5.10 Å². The van der Waals surface area contributed by atoms with Crippen molar-refractivity contribution >= 4 is 5.52 Å². The van der Waals surface area contributed by atoms with E-state index >= 15 is 0 Å². The normalized spacial score (nSPS) is 11.2. The van der Waals surface area contributed by atoms with E-state index in [1.807, 2.05) is 13.8 Å². The minimum Gasteiger partial charge on any atom is -0.237 e. The van der Waals surface area contributed by atoms with Crippen LogP contribution in [-0.2, 0) is 6.18 Å². The summed E-state index contributed by atoms with van der Waals surface area (Å²) < 4.78 is 38.6. The van der Waals surface area contributed by atoms with Crippen LogP contribution in [0.25, 0.3) is 5.52 Å². The predicted molar refractivity (Wildman–Crippen MR) is 61.0 cm³/mol. The molecule has 0 radical (unpaired) electrons. The molecule has 0 saturated heterocycles. The van der Waals surface area contributed by atoms with E-state index in [1.54, 1.807) is 26.0 Å². The highest BCUT2D eigenvalue weighted by atomic mass is 19.4. The molecule has 0 spiro atoms. The Hall–Kier alpha value is -1.52. The molecular weight excluding hydrogens is 229 g/mol. The van der Waals surface area contributed by atoms with Gasteiger partial charge in [-0.25, -0.2) is 4.52 Å². The zero-order valence-corrected chi connectivity index (χ0v) is 10.3. The first-order chi connectivity index (χ1) is 7.89. The van der Waals surface area contributed by atoms with Crippen molar-refractivity contribution in [3.63, 3.8) is 0 Å². The van der Waals surface area contributed by atoms with Gasteiger partial charge in [-0.05, 0) is 31.5 Å². The third-order valence-electron chi connectivity index (χ3n) is 2.31. The summed E-state index contributed by atoms with van der Waals surface area (Å²) >= 11 is 0. The summed E-state index contributed by atoms with van der Waals surface area (Å²) in [4.78, 5) is 0. The molecule has 2 rings (SSSR count). The molecule has 0 aliphatic rings. The van der Waals surface area contributed by atoms with Gasteiger partial charge in [-0.15, -0.1) is 0 Å². The van der Waals surface area contributed by atoms with E-state index in [1.165, 1.54) is 4.52 Å². The van der Waals surface area contributed by atoms with Crippen molar-refractivity contribution in [2.75, 3.05) is 0 Å². The van der Waals surface area contributed by atoms with Gasteiger partial charge in [0, 0.05) is 5.69 Å². The van der Waals surface area contributed by atoms with Gasteiger partial charge in [-0.3, -0.25) is 0 Å². The molecule has 0 atom stereocenters. The number of nitrogens with zero attached hydrogens (tertiary/aromatic N) is 2. The second kappa shape index (κ2) is 4.77. The second-order valence-corrected chi connectivity index (χ2v) is 3.48. The summed E-state index contributed by atoms with van der Waals surface area (Å²) in [5, 5.41) is 3.54. The Morgan fingerprint density at radius 1 is 1.12 bits per heavy atom. The van der Waals surface area contributed by atoms with Crippen molar-refractivity contribution in [1.82, 2.24) is 9.61 Å². The van der Waals surface area contributed by atoms with E-state index < -0.39 is 11.9 Å². The maximum Gasteiger partial charge on any atom is 0.435 e. The number of halogens is 3. The average molecular weight is 244 g/mol. The lowest BCUT2D eigenvalue weighted by atomic mass is 10.2. The highest BCUT2D eigenvalue weighted by Gasteiger charge is 2.34. The van der Waals surface area contributed by atoms with Crippen molar-refractivity contribution in [3.05, 3.63) is 35.2 Å². The van der Waals surface area contributed by atoms with Crippen LogP contribution in [0.2, 0.25) is 0 Å². The number of hydrogen-bond donors (Lipinski definition) is 0. The predicted octanol–water partition coefficient (Wildman–Crippen LogP) is 4.00. The minimum atomic E-state index is -4.38. The highest BCUT2D eigenvalue weighted by molar-refractivity contribution is 5.55. The van der Waals surface area contributed by atoms with Crippen molar-refractivity contribution in [2.24, 2.45) is 0 Å². The van der Waals surface area contributed by atoms with Crippen LogP contribution >= 0.6 is 0 Å². The molecule has 2 heterocycles. The van der Waals surface area contributed by atoms with Gasteiger partial charge in [0.15, 0.2) is 5.69 Å². The van der Waals surface area contributed by atoms with Gasteiger partial charge in [-0.2, -0.15) is 18.3 Å². The van der Waals surface area contributed by atoms with Gasteiger partial charge in [0.1, 0.15) is 0 Å². The Balaban J connectivity index is 0.000000686. The van der Waals surface area contributed by atoms with Gasteiger partial charge in [0.2, 0.25) is 0 Å². The number of hydrogen-bond acceptors (Lipinski definition) is 1. The number of alkyl halides is 3. The summed E-state index contributed by atoms with van der Waals surface area (Å²) in [5.74, 6) is 0. The van der Waals surface area contributed by atoms with Gasteiger partial charge in [-0.1, -0.05) is 19.9 Å². The molecule has 0 fully saturated rings. The molecule has 2 aromatic heterocycles. The van der Waals surface area contributed by atoms with Gasteiger partial charge < -0.3 is 0 Å². The van der Waals surface area contributed by atoms with Gasteiger partial charge >= 0.3 is 6.18 Å². The molecule has 0 N–H and O–H groups in total. The Bertz CT molecular complexity index is 473. The Kier molecular flexibility index (Phi) is 3.80. The molecule has 17 heavy (non-hydrogen) atoms. The fourth-order valence-corrected chi connectivity index (χ4v) is 1.47. The van der Waals surface area contributed by atoms with Crippen molar-refractivity contribution in [2.45, 2.75) is 33.9 Å². The fraction of sp³-hybridized carbons (Fsp3) is 0.417. The molecule has 94 valence electrons. The summed E-state index contributed by atoms with van der Waals surface area (Å²) in [6.07, 6.45) is -4.38. The summed E-state index contributed by atoms with van der Waals surface area (Å²) in [6, 6.07) is 4.60. The molecule has 0 bridgehead atoms. The van der Waals surface area contributed by atoms with Gasteiger partial charge in [0.05, 0.1) is 5.52 Å². The van der Waals surface area contributed by atoms with Crippen LogP contribution in [0, 0.1) is 13.8 Å². The fourth-order valence-electron chi connectivity index (χ4n) is 1.47. The van der Waals surface area contributed by atoms with Crippen molar-refractivity contribution < 1.29 is 13.2 Å². The number of rotatable bonds is 0. The lowest BCUT2D eigenvalue weighted by molar-refractivity contribution is -0.141. The molecule has 0 aliphatic carbocycles. The zero-order valence-electron chi connectivity index (χ0n) is 10.3. The quantitative estimate of drug-likeness (QED) is 0.684. The Labute approximate surface area is 98.1 Å². The molecular formula is C12H15F3N2. The second-order valence-electron chi connectivity index (χ2n) is 3.48. The molecule has 0 aromatic carbocycles. The van der Waals surface area contributed by atoms with Crippen LogP contribution in [-0.4, -0.2) is 9.61 Å². The molecule has 2 aromatic rings. The van der Waals surface area contributed by atoms with Crippen molar-refractivity contribution in [3.8, 4) is 0 Å². The minimum absolute atomic E-state index is 0.502. The van der Waals surface area contributed by atoms with Crippen LogP contribution in [0.5, 0.6) is 0 Å². The van der Waals surface area contributed by atoms with E-state index in [9.17, 15) is 13.2 Å². The van der Waals surface area contributed by atoms with E-state index in [0.717, 1.165) is 11.6 Å². The summed E-state index contributed by atoms with van der Waals surface area (Å²) in [7, 11) is 0. The van der Waals surface area contributed by atoms with E-state index in [0.29, 0.717) is 11.2 Å². The van der Waals surface area contributed by atoms with Crippen LogP contribution in [0.3, 0.4) is 0 Å². The number of fused-ring (bicyclic) bond motifs is 1. The topological polar surface area (TPSA) is 17.3 Å². The SMILES string of the molecule is CC.Cc1ccc(C)n2nc(C(F)(F)F)cc12. The van der Waals surface area contributed by atoms with Crippen molar-refractivity contribution in [1.29, 1.82) is 0 Å². The largest absolute Gasteiger partial charge is 0.435 e. The standard InChI is InChI=1S/C10H9F3N2.C2H6/c1-6-3-4-7(2)15-8(6)5-9(14-15)10(11,12)13;1-2/h3-5H,1-2H3;1-2H3. The molecule has 2 nitrogen and oxygen atoms in total. The molecule has 0 unspecified atom stereocenters. The zero-order chi connectivity index (χ0) is 13.2. The first-order valence-electron chi connectivity index (χ1n) is 5.43. The average Bonchev–Trinajstić information content (AvgIpc) is 2.72. The number of aryl methyl sites for hydroxylation is 2. The van der Waals surface area contributed by atoms with Crippen LogP contribution < -0.4 is 0 Å². The van der Waals surface area contributed by atoms with Crippen LogP contribution in [0.15, 0.2) is 18.2 Å². The lowest BCUT2D eigenvalue weighted by Crippen LogP contribution is -2.06. The number of pyridine rings is 1. The molecule has 5 heteroatoms. The Morgan fingerprint density at radius 2 is 1.71 bits per heavy atom. The summed E-state index contributed by atoms with van der Waals surface area (Å²) in [5.41, 5.74) is 1.12. The van der Waals surface area contributed by atoms with Crippen LogP contribution in [0.1, 0.15) is 30.8 Å². The van der Waals surface area contributed by atoms with E-state index in [4.69, 9.17) is 0 Å². The smallest absolute Gasteiger partial charge is 0.237 e. The first kappa shape index (κ1) is 13.5. The van der Waals surface area contributed by atoms with Gasteiger partial charge in [0.25, 0.3) is 0 Å². The third kappa shape index (κ3) is 2.60. The molecule has 0 aliphatic heterocycles. The maximum atomic E-state index is 12.4. The Morgan fingerprint density at radius 3 is 2.18 bits per heavy atom. The molecule has 0 amide bonds. The van der Waals surface area contributed by atoms with E-state index in [-0.39, 0.29) is 0 Å². The molecule has 0 saturated carbocycles. The number of aromatic nitrogens is 2. The first-order valence-corrected chi connectivity index (χ1v) is 5.43. The van der Waals surface area contributed by atoms with Crippen LogP contribution in [0.4, 0.5) is 13.2 Å². The monoisotopic (exact) mass is 244 g/mol. The highest BCUT2D eigenvalue weighted by Crippen LogP contribution is 2.29. The third-order valence-corrected chi connectivity index (χ3v) is 2.31. The summed E-state index contributed by atoms with van der Waals surface area (Å²) in [6.45, 7) is 7.48. The maximum absolute atomic E-state index is 12.4. The lowest BCUT2D eigenvalue weighted by Gasteiger charge is -2.01.